The van der Waals surface area contributed by atoms with Crippen LogP contribution in [0.3, 0.4) is 0 Å². The summed E-state index contributed by atoms with van der Waals surface area (Å²) < 4.78 is 26.5. The van der Waals surface area contributed by atoms with E-state index in [1.807, 2.05) is 6.92 Å². The molecule has 2 aromatic heterocycles. The molecule has 1 amide bonds. The molecule has 0 aliphatic carbocycles. The maximum Gasteiger partial charge on any atom is 0.255 e. The number of aryl methyl sites for hydroxylation is 1. The van der Waals surface area contributed by atoms with Crippen LogP contribution in [0.5, 0.6) is 5.75 Å². The van der Waals surface area contributed by atoms with Crippen molar-refractivity contribution in [1.82, 2.24) is 24.6 Å². The van der Waals surface area contributed by atoms with Gasteiger partial charge in [-0.3, -0.25) is 9.69 Å². The molecule has 3 aromatic rings. The van der Waals surface area contributed by atoms with E-state index in [2.05, 4.69) is 16.2 Å². The predicted octanol–water partition coefficient (Wildman–Crippen LogP) is 2.84. The Hall–Kier alpha value is -3.84. The number of amides is 1. The van der Waals surface area contributed by atoms with Gasteiger partial charge in [0.1, 0.15) is 5.69 Å². The average Bonchev–Trinajstić information content (AvgIpc) is 3.20. The number of nitriles is 1. The molecule has 0 radical (unpaired) electrons. The highest BCUT2D eigenvalue weighted by atomic mass is 19.3. The molecule has 0 spiro atoms. The van der Waals surface area contributed by atoms with Gasteiger partial charge in [0.2, 0.25) is 0 Å². The smallest absolute Gasteiger partial charge is 0.255 e. The van der Waals surface area contributed by atoms with Crippen molar-refractivity contribution in [3.8, 4) is 28.9 Å². The van der Waals surface area contributed by atoms with Gasteiger partial charge in [-0.15, -0.1) is 0 Å². The zero-order valence-corrected chi connectivity index (χ0v) is 17.9. The third-order valence-electron chi connectivity index (χ3n) is 5.60. The fourth-order valence-corrected chi connectivity index (χ4v) is 3.78. The third-order valence-corrected chi connectivity index (χ3v) is 5.60. The fourth-order valence-electron chi connectivity index (χ4n) is 3.78. The standard InChI is InChI=1S/C23H22F2N6O2/c1-15-10-16(2-3-17(15)11-26)22-19(32)13-31(28-22)21-5-4-18(12-27-21)23(33)30-8-6-29(7-9-30)14-20(24)25/h2-5,10,12-13,20,32H,6-9,14H2,1H3. The molecule has 1 aliphatic rings. The number of aromatic nitrogens is 3. The van der Waals surface area contributed by atoms with Gasteiger partial charge >= 0.3 is 0 Å². The van der Waals surface area contributed by atoms with Crippen LogP contribution in [0.1, 0.15) is 21.5 Å². The number of pyridine rings is 1. The van der Waals surface area contributed by atoms with Crippen LogP contribution in [0.15, 0.2) is 42.7 Å². The Labute approximate surface area is 189 Å². The van der Waals surface area contributed by atoms with Gasteiger partial charge < -0.3 is 10.0 Å². The van der Waals surface area contributed by atoms with Crippen molar-refractivity contribution >= 4 is 5.91 Å². The Kier molecular flexibility index (Phi) is 6.33. The predicted molar refractivity (Wildman–Crippen MR) is 116 cm³/mol. The van der Waals surface area contributed by atoms with Crippen molar-refractivity contribution in [3.63, 3.8) is 0 Å². The van der Waals surface area contributed by atoms with Crippen LogP contribution in [0.25, 0.3) is 17.1 Å². The summed E-state index contributed by atoms with van der Waals surface area (Å²) >= 11 is 0. The molecule has 170 valence electrons. The summed E-state index contributed by atoms with van der Waals surface area (Å²) in [5.41, 5.74) is 2.74. The number of alkyl halides is 2. The first kappa shape index (κ1) is 22.4. The summed E-state index contributed by atoms with van der Waals surface area (Å²) in [5.74, 6) is 0.172. The van der Waals surface area contributed by atoms with Crippen molar-refractivity contribution < 1.29 is 18.7 Å². The van der Waals surface area contributed by atoms with E-state index in [1.165, 1.54) is 17.1 Å². The Morgan fingerprint density at radius 3 is 2.58 bits per heavy atom. The van der Waals surface area contributed by atoms with Crippen LogP contribution in [0, 0.1) is 18.3 Å². The molecule has 0 saturated carbocycles. The molecular weight excluding hydrogens is 430 g/mol. The minimum absolute atomic E-state index is 0.0391. The number of carbonyl (C=O) groups excluding carboxylic acids is 1. The first-order chi connectivity index (χ1) is 15.9. The summed E-state index contributed by atoms with van der Waals surface area (Å²) in [7, 11) is 0. The van der Waals surface area contributed by atoms with Crippen molar-refractivity contribution in [1.29, 1.82) is 5.26 Å². The minimum Gasteiger partial charge on any atom is -0.504 e. The van der Waals surface area contributed by atoms with Crippen molar-refractivity contribution in [3.05, 3.63) is 59.4 Å². The molecule has 0 unspecified atom stereocenters. The quantitative estimate of drug-likeness (QED) is 0.639. The molecule has 0 bridgehead atoms. The molecule has 4 rings (SSSR count). The number of hydrogen-bond acceptors (Lipinski definition) is 6. The molecule has 8 nitrogen and oxygen atoms in total. The summed E-state index contributed by atoms with van der Waals surface area (Å²) in [5, 5.41) is 23.9. The summed E-state index contributed by atoms with van der Waals surface area (Å²) in [6.45, 7) is 3.12. The van der Waals surface area contributed by atoms with Crippen LogP contribution < -0.4 is 0 Å². The normalized spacial score (nSPS) is 14.5. The average molecular weight is 452 g/mol. The SMILES string of the molecule is Cc1cc(-c2nn(-c3ccc(C(=O)N4CCN(CC(F)F)CC4)cn3)cc2O)ccc1C#N. The zero-order chi connectivity index (χ0) is 23.5. The van der Waals surface area contributed by atoms with E-state index in [-0.39, 0.29) is 18.2 Å². The Balaban J connectivity index is 1.47. The first-order valence-electron chi connectivity index (χ1n) is 10.4. The fraction of sp³-hybridized carbons (Fsp3) is 0.304. The van der Waals surface area contributed by atoms with Gasteiger partial charge in [0.15, 0.2) is 11.6 Å². The second kappa shape index (κ2) is 9.34. The molecule has 33 heavy (non-hydrogen) atoms. The number of aromatic hydroxyl groups is 1. The maximum atomic E-state index is 12.7. The van der Waals surface area contributed by atoms with E-state index in [9.17, 15) is 18.7 Å². The highest BCUT2D eigenvalue weighted by molar-refractivity contribution is 5.94. The van der Waals surface area contributed by atoms with Gasteiger partial charge in [0.25, 0.3) is 12.3 Å². The summed E-state index contributed by atoms with van der Waals surface area (Å²) in [4.78, 5) is 20.3. The molecule has 1 saturated heterocycles. The van der Waals surface area contributed by atoms with Crippen molar-refractivity contribution in [2.24, 2.45) is 0 Å². The van der Waals surface area contributed by atoms with Gasteiger partial charge in [-0.05, 0) is 36.8 Å². The number of nitrogens with zero attached hydrogens (tertiary/aromatic N) is 6. The van der Waals surface area contributed by atoms with Gasteiger partial charge in [-0.2, -0.15) is 10.4 Å². The van der Waals surface area contributed by atoms with E-state index in [1.54, 1.807) is 40.1 Å². The summed E-state index contributed by atoms with van der Waals surface area (Å²) in [6.07, 6.45) is 0.481. The van der Waals surface area contributed by atoms with Crippen LogP contribution >= 0.6 is 0 Å². The molecule has 1 aromatic carbocycles. The Morgan fingerprint density at radius 1 is 1.21 bits per heavy atom. The number of hydrogen-bond donors (Lipinski definition) is 1. The minimum atomic E-state index is -2.38. The monoisotopic (exact) mass is 452 g/mol. The Morgan fingerprint density at radius 2 is 1.97 bits per heavy atom. The highest BCUT2D eigenvalue weighted by Crippen LogP contribution is 2.29. The van der Waals surface area contributed by atoms with Crippen molar-refractivity contribution in [2.75, 3.05) is 32.7 Å². The Bertz CT molecular complexity index is 1190. The molecule has 0 atom stereocenters. The van der Waals surface area contributed by atoms with Gasteiger partial charge in [0, 0.05) is 37.9 Å². The number of carbonyl (C=O) groups is 1. The van der Waals surface area contributed by atoms with Crippen LogP contribution in [-0.4, -0.2) is 74.7 Å². The molecule has 10 heteroatoms. The molecule has 3 heterocycles. The summed E-state index contributed by atoms with van der Waals surface area (Å²) in [6, 6.07) is 10.5. The molecule has 1 fully saturated rings. The second-order valence-corrected chi connectivity index (χ2v) is 7.84. The number of rotatable bonds is 5. The number of piperazine rings is 1. The lowest BCUT2D eigenvalue weighted by molar-refractivity contribution is 0.0458. The van der Waals surface area contributed by atoms with E-state index in [0.717, 1.165) is 5.56 Å². The molecule has 1 aliphatic heterocycles. The molecular formula is C23H22F2N6O2. The number of halogens is 2. The van der Waals surface area contributed by atoms with E-state index in [0.29, 0.717) is 54.4 Å². The highest BCUT2D eigenvalue weighted by Gasteiger charge is 2.24. The largest absolute Gasteiger partial charge is 0.504 e. The van der Waals surface area contributed by atoms with Crippen LogP contribution in [0.4, 0.5) is 8.78 Å². The van der Waals surface area contributed by atoms with Crippen LogP contribution in [-0.2, 0) is 0 Å². The maximum absolute atomic E-state index is 12.7. The second-order valence-electron chi connectivity index (χ2n) is 7.84. The van der Waals surface area contributed by atoms with Crippen molar-refractivity contribution in [2.45, 2.75) is 13.3 Å². The number of benzene rings is 1. The lowest BCUT2D eigenvalue weighted by Crippen LogP contribution is -2.49. The van der Waals surface area contributed by atoms with E-state index < -0.39 is 6.43 Å². The van der Waals surface area contributed by atoms with Gasteiger partial charge in [0.05, 0.1) is 29.9 Å². The lowest BCUT2D eigenvalue weighted by Gasteiger charge is -2.34. The van der Waals surface area contributed by atoms with E-state index in [4.69, 9.17) is 5.26 Å². The third kappa shape index (κ3) is 4.83. The van der Waals surface area contributed by atoms with Gasteiger partial charge in [-0.25, -0.2) is 18.4 Å². The first-order valence-corrected chi connectivity index (χ1v) is 10.4. The van der Waals surface area contributed by atoms with E-state index >= 15 is 0 Å². The van der Waals surface area contributed by atoms with Crippen LogP contribution in [0.2, 0.25) is 0 Å². The zero-order valence-electron chi connectivity index (χ0n) is 17.9. The molecule has 1 N–H and O–H groups in total. The lowest BCUT2D eigenvalue weighted by atomic mass is 10.0. The van der Waals surface area contributed by atoms with Gasteiger partial charge in [-0.1, -0.05) is 6.07 Å². The topological polar surface area (TPSA) is 98.3 Å².